The summed E-state index contributed by atoms with van der Waals surface area (Å²) in [5.41, 5.74) is -1.24. The van der Waals surface area contributed by atoms with Gasteiger partial charge >= 0.3 is 12.7 Å². The Balaban J connectivity index is 2.76. The van der Waals surface area contributed by atoms with Crippen molar-refractivity contribution < 1.29 is 32.6 Å². The minimum Gasteiger partial charge on any atom is -0.483 e. The highest BCUT2D eigenvalue weighted by Gasteiger charge is 2.36. The summed E-state index contributed by atoms with van der Waals surface area (Å²) < 4.78 is 41.5. The van der Waals surface area contributed by atoms with E-state index in [9.17, 15) is 23.3 Å². The lowest BCUT2D eigenvalue weighted by molar-refractivity contribution is -0.0519. The number of anilines is 1. The monoisotopic (exact) mass is 513 g/mol. The first kappa shape index (κ1) is 27.8. The molecule has 0 saturated carbocycles. The van der Waals surface area contributed by atoms with Crippen LogP contribution in [0.1, 0.15) is 45.0 Å². The van der Waals surface area contributed by atoms with Gasteiger partial charge in [-0.1, -0.05) is 18.2 Å². The fourth-order valence-electron chi connectivity index (χ4n) is 3.12. The predicted molar refractivity (Wildman–Crippen MR) is 127 cm³/mol. The van der Waals surface area contributed by atoms with Crippen LogP contribution in [0.3, 0.4) is 0 Å². The van der Waals surface area contributed by atoms with Crippen LogP contribution in [-0.2, 0) is 4.74 Å². The van der Waals surface area contributed by atoms with Gasteiger partial charge in [-0.05, 0) is 63.6 Å². The molecule has 1 aliphatic rings. The molecule has 0 spiro atoms. The van der Waals surface area contributed by atoms with Crippen molar-refractivity contribution in [1.29, 1.82) is 0 Å². The number of ether oxygens (including phenoxy) is 3. The number of imide groups is 1. The third-order valence-corrected chi connectivity index (χ3v) is 4.81. The summed E-state index contributed by atoms with van der Waals surface area (Å²) >= 11 is 6.28. The number of benzene rings is 1. The second kappa shape index (κ2) is 11.3. The van der Waals surface area contributed by atoms with Crippen LogP contribution in [0.4, 0.5) is 19.3 Å². The van der Waals surface area contributed by atoms with Crippen molar-refractivity contribution in [2.24, 2.45) is 5.18 Å². The van der Waals surface area contributed by atoms with Crippen LogP contribution in [0.15, 0.2) is 52.5 Å². The van der Waals surface area contributed by atoms with Crippen LogP contribution in [-0.4, -0.2) is 41.8 Å². The van der Waals surface area contributed by atoms with Crippen molar-refractivity contribution in [3.8, 4) is 11.5 Å². The summed E-state index contributed by atoms with van der Waals surface area (Å²) in [4.78, 5) is 38.5. The van der Waals surface area contributed by atoms with E-state index in [1.807, 2.05) is 0 Å². The van der Waals surface area contributed by atoms with Crippen LogP contribution in [0.2, 0.25) is 0 Å². The molecule has 1 aliphatic heterocycles. The number of allylic oxidation sites excluding steroid dienone is 3. The van der Waals surface area contributed by atoms with Gasteiger partial charge in [0.25, 0.3) is 5.91 Å². The fourth-order valence-corrected chi connectivity index (χ4v) is 3.36. The van der Waals surface area contributed by atoms with E-state index in [0.717, 1.165) is 12.3 Å². The largest absolute Gasteiger partial charge is 0.483 e. The minimum absolute atomic E-state index is 0.0315. The average Bonchev–Trinajstić information content (AvgIpc) is 2.75. The Morgan fingerprint density at radius 2 is 2.03 bits per heavy atom. The molecule has 1 aromatic carbocycles. The lowest BCUT2D eigenvalue weighted by Gasteiger charge is -2.31. The van der Waals surface area contributed by atoms with Gasteiger partial charge in [-0.25, -0.2) is 9.69 Å². The number of fused-ring (bicyclic) bond motifs is 1. The summed E-state index contributed by atoms with van der Waals surface area (Å²) in [6.07, 6.45) is 0.498. The maximum atomic E-state index is 13.8. The zero-order chi connectivity index (χ0) is 26.5. The lowest BCUT2D eigenvalue weighted by atomic mass is 10.1. The minimum atomic E-state index is -3.13. The van der Waals surface area contributed by atoms with Gasteiger partial charge in [0.05, 0.1) is 34.7 Å². The molecule has 12 heteroatoms. The smallest absolute Gasteiger partial charge is 0.422 e. The molecule has 1 N–H and O–H groups in total. The topological polar surface area (TPSA) is 107 Å². The highest BCUT2D eigenvalue weighted by Crippen LogP contribution is 2.43. The molecule has 0 radical (unpaired) electrons. The number of hydrogen-bond donors (Lipinski definition) is 1. The van der Waals surface area contributed by atoms with E-state index < -0.39 is 30.3 Å². The number of nitrogens with one attached hydrogen (secondary N) is 1. The van der Waals surface area contributed by atoms with Crippen molar-refractivity contribution in [2.45, 2.75) is 52.9 Å². The van der Waals surface area contributed by atoms with Crippen molar-refractivity contribution >= 4 is 29.3 Å². The summed E-state index contributed by atoms with van der Waals surface area (Å²) in [6.45, 7) is 8.54. The van der Waals surface area contributed by atoms with E-state index in [-0.39, 0.29) is 45.6 Å². The highest BCUT2D eigenvalue weighted by atomic mass is 35.5. The highest BCUT2D eigenvalue weighted by molar-refractivity contribution is 6.32. The third kappa shape index (κ3) is 6.78. The number of hydrogen-bond acceptors (Lipinski definition) is 8. The molecule has 190 valence electrons. The molecule has 1 heterocycles. The van der Waals surface area contributed by atoms with Crippen molar-refractivity contribution in [3.05, 3.63) is 57.8 Å². The lowest BCUT2D eigenvalue weighted by Crippen LogP contribution is -2.41. The number of rotatable bonds is 7. The molecule has 2 amide bonds. The first-order chi connectivity index (χ1) is 16.3. The van der Waals surface area contributed by atoms with Crippen molar-refractivity contribution in [3.63, 3.8) is 0 Å². The number of carbonyl (C=O) groups excluding carboxylic acids is 2. The van der Waals surface area contributed by atoms with Gasteiger partial charge in [0, 0.05) is 0 Å². The number of carbonyl (C=O) groups is 2. The molecule has 1 atom stereocenters. The maximum Gasteiger partial charge on any atom is 0.422 e. The van der Waals surface area contributed by atoms with Gasteiger partial charge < -0.3 is 19.5 Å². The van der Waals surface area contributed by atoms with Gasteiger partial charge in [-0.2, -0.15) is 8.78 Å². The maximum absolute atomic E-state index is 13.8. The Labute approximate surface area is 206 Å². The fraction of sp³-hybridized carbons (Fsp3) is 0.391. The first-order valence-electron chi connectivity index (χ1n) is 10.4. The van der Waals surface area contributed by atoms with Gasteiger partial charge in [0.15, 0.2) is 11.5 Å². The molecule has 0 unspecified atom stereocenters. The Bertz CT molecular complexity index is 1080. The van der Waals surface area contributed by atoms with E-state index in [1.165, 1.54) is 19.1 Å². The molecule has 0 bridgehead atoms. The second-order valence-electron chi connectivity index (χ2n) is 8.44. The van der Waals surface area contributed by atoms with E-state index in [2.05, 4.69) is 21.8 Å². The SMILES string of the molecule is C=C/C(Cl)=C(\C(C)=C/N=O)N(C(=O)OC(C)(C)C)C(=O)c1ccc(OC(F)F)c2c1NC[C@@H](C)O2. The van der Waals surface area contributed by atoms with Crippen molar-refractivity contribution in [2.75, 3.05) is 11.9 Å². The van der Waals surface area contributed by atoms with Crippen LogP contribution in [0, 0.1) is 4.91 Å². The Morgan fingerprint density at radius 1 is 1.37 bits per heavy atom. The second-order valence-corrected chi connectivity index (χ2v) is 8.85. The molecule has 1 aromatic rings. The number of amides is 2. The van der Waals surface area contributed by atoms with Crippen LogP contribution < -0.4 is 14.8 Å². The van der Waals surface area contributed by atoms with Crippen LogP contribution in [0.5, 0.6) is 11.5 Å². The molecule has 0 saturated heterocycles. The summed E-state index contributed by atoms with van der Waals surface area (Å²) in [6, 6.07) is 2.32. The molecule has 2 rings (SSSR count). The van der Waals surface area contributed by atoms with E-state index in [4.69, 9.17) is 21.1 Å². The van der Waals surface area contributed by atoms with Crippen molar-refractivity contribution in [1.82, 2.24) is 4.90 Å². The van der Waals surface area contributed by atoms with E-state index in [0.29, 0.717) is 4.90 Å². The number of halogens is 3. The molecule has 9 nitrogen and oxygen atoms in total. The Hall–Kier alpha value is -3.47. The number of nitrogens with zero attached hydrogens (tertiary/aromatic N) is 2. The van der Waals surface area contributed by atoms with Gasteiger partial charge in [0.1, 0.15) is 11.7 Å². The molecule has 35 heavy (non-hydrogen) atoms. The Morgan fingerprint density at radius 3 is 2.57 bits per heavy atom. The summed E-state index contributed by atoms with van der Waals surface area (Å²) in [5.74, 6) is -1.37. The molecular weight excluding hydrogens is 488 g/mol. The molecule has 0 fully saturated rings. The molecule has 0 aromatic heterocycles. The standard InChI is InChI=1S/C23H26ClF2N3O6/c1-7-15(24)18(12(2)10-28-32)29(22(31)35-23(4,5)6)20(30)14-8-9-16(34-21(25)26)19-17(14)27-11-13(3)33-19/h7-10,13,21,27H,1,11H2,2-6H3/b12-10-,18-15-/t13-/m1/s1. The number of alkyl halides is 2. The quantitative estimate of drug-likeness (QED) is 0.343. The Kier molecular flexibility index (Phi) is 8.97. The first-order valence-corrected chi connectivity index (χ1v) is 10.8. The zero-order valence-corrected chi connectivity index (χ0v) is 20.6. The average molecular weight is 514 g/mol. The van der Waals surface area contributed by atoms with E-state index in [1.54, 1.807) is 27.7 Å². The normalized spacial score (nSPS) is 16.3. The summed E-state index contributed by atoms with van der Waals surface area (Å²) in [7, 11) is 0. The molecular formula is C23H26ClF2N3O6. The summed E-state index contributed by atoms with van der Waals surface area (Å²) in [5, 5.41) is 5.50. The third-order valence-electron chi connectivity index (χ3n) is 4.48. The van der Waals surface area contributed by atoms with Gasteiger partial charge in [0.2, 0.25) is 0 Å². The zero-order valence-electron chi connectivity index (χ0n) is 19.9. The molecule has 0 aliphatic carbocycles. The van der Waals surface area contributed by atoms with Crippen LogP contribution in [0.25, 0.3) is 0 Å². The van der Waals surface area contributed by atoms with Gasteiger partial charge in [-0.3, -0.25) is 4.79 Å². The number of nitroso groups, excluding NO2 is 1. The van der Waals surface area contributed by atoms with Crippen LogP contribution >= 0.6 is 11.6 Å². The van der Waals surface area contributed by atoms with Gasteiger partial charge in [-0.15, -0.1) is 4.91 Å². The van der Waals surface area contributed by atoms with E-state index >= 15 is 0 Å². The predicted octanol–water partition coefficient (Wildman–Crippen LogP) is 6.16.